The highest BCUT2D eigenvalue weighted by Gasteiger charge is 2.03. The van der Waals surface area contributed by atoms with Crippen LogP contribution in [-0.2, 0) is 18.3 Å². The number of aliphatic imine (C=N–C) groups is 1. The molecule has 0 bridgehead atoms. The molecule has 1 aromatic rings. The molecule has 0 aliphatic heterocycles. The minimum atomic E-state index is 0.616. The predicted octanol–water partition coefficient (Wildman–Crippen LogP) is 0.950. The van der Waals surface area contributed by atoms with Crippen molar-refractivity contribution < 1.29 is 4.79 Å². The fourth-order valence-electron chi connectivity index (χ4n) is 1.00. The maximum absolute atomic E-state index is 9.92. The molecule has 0 N–H and O–H groups in total. The van der Waals surface area contributed by atoms with E-state index < -0.39 is 0 Å². The fourth-order valence-corrected chi connectivity index (χ4v) is 1.00. The van der Waals surface area contributed by atoms with E-state index >= 15 is 0 Å². The van der Waals surface area contributed by atoms with Gasteiger partial charge in [-0.15, -0.1) is 0 Å². The van der Waals surface area contributed by atoms with E-state index in [1.54, 1.807) is 10.9 Å². The van der Waals surface area contributed by atoms with Crippen LogP contribution in [0.5, 0.6) is 0 Å². The molecule has 0 amide bonds. The van der Waals surface area contributed by atoms with Gasteiger partial charge in [0, 0.05) is 7.05 Å². The molecular weight excluding hydrogens is 142 g/mol. The molecule has 4 nitrogen and oxygen atoms in total. The van der Waals surface area contributed by atoms with Crippen molar-refractivity contribution in [1.82, 2.24) is 9.78 Å². The fraction of sp³-hybridized carbons (Fsp3) is 0.429. The van der Waals surface area contributed by atoms with E-state index in [0.29, 0.717) is 5.69 Å². The van der Waals surface area contributed by atoms with Crippen molar-refractivity contribution in [3.8, 4) is 0 Å². The predicted molar refractivity (Wildman–Crippen MR) is 40.4 cm³/mol. The lowest BCUT2D eigenvalue weighted by atomic mass is 10.3. The lowest BCUT2D eigenvalue weighted by Gasteiger charge is -1.95. The Hall–Kier alpha value is -1.41. The topological polar surface area (TPSA) is 47.2 Å². The van der Waals surface area contributed by atoms with E-state index in [1.807, 2.05) is 14.0 Å². The van der Waals surface area contributed by atoms with Crippen LogP contribution in [0.15, 0.2) is 11.2 Å². The molecule has 0 saturated heterocycles. The zero-order chi connectivity index (χ0) is 8.27. The highest BCUT2D eigenvalue weighted by molar-refractivity contribution is 5.50. The van der Waals surface area contributed by atoms with Crippen LogP contribution in [0.1, 0.15) is 12.6 Å². The Morgan fingerprint density at radius 1 is 1.82 bits per heavy atom. The van der Waals surface area contributed by atoms with Gasteiger partial charge in [-0.2, -0.15) is 10.1 Å². The molecule has 0 unspecified atom stereocenters. The van der Waals surface area contributed by atoms with Gasteiger partial charge < -0.3 is 0 Å². The Bertz CT molecular complexity index is 297. The van der Waals surface area contributed by atoms with Crippen molar-refractivity contribution in [1.29, 1.82) is 0 Å². The van der Waals surface area contributed by atoms with Crippen LogP contribution >= 0.6 is 0 Å². The maximum atomic E-state index is 9.92. The zero-order valence-corrected chi connectivity index (χ0v) is 6.53. The quantitative estimate of drug-likeness (QED) is 0.466. The summed E-state index contributed by atoms with van der Waals surface area (Å²) in [4.78, 5) is 13.4. The van der Waals surface area contributed by atoms with Gasteiger partial charge in [0.2, 0.25) is 6.08 Å². The first-order chi connectivity index (χ1) is 5.29. The molecule has 0 atom stereocenters. The van der Waals surface area contributed by atoms with Crippen LogP contribution in [0.2, 0.25) is 0 Å². The lowest BCUT2D eigenvalue weighted by Crippen LogP contribution is -1.95. The summed E-state index contributed by atoms with van der Waals surface area (Å²) in [5.41, 5.74) is 1.57. The van der Waals surface area contributed by atoms with Crippen LogP contribution < -0.4 is 0 Å². The largest absolute Gasteiger partial charge is 0.270 e. The molecule has 1 aromatic heterocycles. The summed E-state index contributed by atoms with van der Waals surface area (Å²) in [7, 11) is 1.82. The molecule has 0 saturated carbocycles. The summed E-state index contributed by atoms with van der Waals surface area (Å²) in [6, 6.07) is 0. The van der Waals surface area contributed by atoms with E-state index in [0.717, 1.165) is 12.1 Å². The second kappa shape index (κ2) is 3.12. The number of hydrogen-bond donors (Lipinski definition) is 0. The van der Waals surface area contributed by atoms with Gasteiger partial charge in [-0.25, -0.2) is 4.79 Å². The van der Waals surface area contributed by atoms with Crippen LogP contribution in [0, 0.1) is 0 Å². The number of isocyanates is 1. The summed E-state index contributed by atoms with van der Waals surface area (Å²) in [5, 5.41) is 3.95. The van der Waals surface area contributed by atoms with Crippen LogP contribution in [-0.4, -0.2) is 15.9 Å². The molecule has 0 aliphatic carbocycles. The van der Waals surface area contributed by atoms with Crippen molar-refractivity contribution in [3.05, 3.63) is 11.9 Å². The van der Waals surface area contributed by atoms with E-state index in [2.05, 4.69) is 10.1 Å². The van der Waals surface area contributed by atoms with Gasteiger partial charge in [-0.3, -0.25) is 4.68 Å². The Morgan fingerprint density at radius 3 is 3.09 bits per heavy atom. The van der Waals surface area contributed by atoms with Crippen molar-refractivity contribution in [2.24, 2.45) is 12.0 Å². The molecule has 58 valence electrons. The van der Waals surface area contributed by atoms with Gasteiger partial charge in [0.25, 0.3) is 0 Å². The minimum absolute atomic E-state index is 0.616. The molecule has 0 radical (unpaired) electrons. The molecule has 0 aliphatic rings. The van der Waals surface area contributed by atoms with Crippen molar-refractivity contribution >= 4 is 11.8 Å². The monoisotopic (exact) mass is 151 g/mol. The third-order valence-electron chi connectivity index (χ3n) is 1.54. The van der Waals surface area contributed by atoms with Gasteiger partial charge in [-0.1, -0.05) is 6.92 Å². The molecule has 1 heterocycles. The molecule has 0 aromatic carbocycles. The molecule has 4 heteroatoms. The maximum Gasteiger partial charge on any atom is 0.240 e. The van der Waals surface area contributed by atoms with Gasteiger partial charge >= 0.3 is 0 Å². The summed E-state index contributed by atoms with van der Waals surface area (Å²) in [6.07, 6.45) is 3.87. The minimum Gasteiger partial charge on any atom is -0.270 e. The van der Waals surface area contributed by atoms with Crippen LogP contribution in [0.4, 0.5) is 5.69 Å². The van der Waals surface area contributed by atoms with E-state index in [1.165, 1.54) is 6.08 Å². The molecule has 1 rings (SSSR count). The second-order valence-electron chi connectivity index (χ2n) is 2.16. The average Bonchev–Trinajstić information content (AvgIpc) is 2.33. The normalized spacial score (nSPS) is 9.27. The summed E-state index contributed by atoms with van der Waals surface area (Å²) in [5.74, 6) is 0. The first-order valence-corrected chi connectivity index (χ1v) is 3.38. The van der Waals surface area contributed by atoms with Crippen molar-refractivity contribution in [2.75, 3.05) is 0 Å². The number of nitrogens with zero attached hydrogens (tertiary/aromatic N) is 3. The first-order valence-electron chi connectivity index (χ1n) is 3.38. The second-order valence-corrected chi connectivity index (χ2v) is 2.16. The molecule has 11 heavy (non-hydrogen) atoms. The zero-order valence-electron chi connectivity index (χ0n) is 6.53. The smallest absolute Gasteiger partial charge is 0.240 e. The van der Waals surface area contributed by atoms with Gasteiger partial charge in [0.15, 0.2) is 0 Å². The SMILES string of the molecule is CCc1c(N=C=O)cnn1C. The van der Waals surface area contributed by atoms with E-state index in [-0.39, 0.29) is 0 Å². The summed E-state index contributed by atoms with van der Waals surface area (Å²) >= 11 is 0. The third-order valence-corrected chi connectivity index (χ3v) is 1.54. The Morgan fingerprint density at radius 2 is 2.55 bits per heavy atom. The number of aromatic nitrogens is 2. The Labute approximate surface area is 64.6 Å². The number of rotatable bonds is 2. The first kappa shape index (κ1) is 7.69. The van der Waals surface area contributed by atoms with Gasteiger partial charge in [0.1, 0.15) is 5.69 Å². The average molecular weight is 151 g/mol. The third kappa shape index (κ3) is 1.36. The van der Waals surface area contributed by atoms with Crippen LogP contribution in [0.3, 0.4) is 0 Å². The Kier molecular flexibility index (Phi) is 2.18. The Balaban J connectivity index is 3.14. The number of hydrogen-bond acceptors (Lipinski definition) is 3. The summed E-state index contributed by atoms with van der Waals surface area (Å²) in [6.45, 7) is 1.99. The van der Waals surface area contributed by atoms with Gasteiger partial charge in [0.05, 0.1) is 11.9 Å². The highest BCUT2D eigenvalue weighted by atomic mass is 16.1. The van der Waals surface area contributed by atoms with E-state index in [4.69, 9.17) is 0 Å². The number of carbonyl (C=O) groups excluding carboxylic acids is 1. The van der Waals surface area contributed by atoms with Gasteiger partial charge in [-0.05, 0) is 6.42 Å². The van der Waals surface area contributed by atoms with Crippen LogP contribution in [0.25, 0.3) is 0 Å². The van der Waals surface area contributed by atoms with Crippen molar-refractivity contribution in [3.63, 3.8) is 0 Å². The van der Waals surface area contributed by atoms with Crippen molar-refractivity contribution in [2.45, 2.75) is 13.3 Å². The van der Waals surface area contributed by atoms with E-state index in [9.17, 15) is 4.79 Å². The number of aryl methyl sites for hydroxylation is 1. The standard InChI is InChI=1S/C7H9N3O/c1-3-7-6(8-5-11)4-9-10(7)2/h4H,3H2,1-2H3. The molecule has 0 spiro atoms. The lowest BCUT2D eigenvalue weighted by molar-refractivity contribution is 0.565. The molecular formula is C7H9N3O. The molecule has 0 fully saturated rings. The highest BCUT2D eigenvalue weighted by Crippen LogP contribution is 2.16. The summed E-state index contributed by atoms with van der Waals surface area (Å²) < 4.78 is 1.70.